The van der Waals surface area contributed by atoms with Crippen LogP contribution in [0, 0.1) is 0 Å². The van der Waals surface area contributed by atoms with Crippen molar-refractivity contribution in [2.24, 2.45) is 0 Å². The van der Waals surface area contributed by atoms with Gasteiger partial charge in [0.05, 0.1) is 0 Å². The summed E-state index contributed by atoms with van der Waals surface area (Å²) < 4.78 is 1.06. The van der Waals surface area contributed by atoms with Crippen LogP contribution in [0.5, 0.6) is 0 Å². The molecule has 0 aliphatic carbocycles. The van der Waals surface area contributed by atoms with Gasteiger partial charge in [0, 0.05) is 11.0 Å². The zero-order valence-corrected chi connectivity index (χ0v) is 12.3. The average Bonchev–Trinajstić information content (AvgIpc) is 2.45. The lowest BCUT2D eigenvalue weighted by Crippen LogP contribution is -2.42. The molecule has 2 rings (SSSR count). The van der Waals surface area contributed by atoms with Gasteiger partial charge in [-0.05, 0) is 34.6 Å². The summed E-state index contributed by atoms with van der Waals surface area (Å²) >= 11 is 8.55. The highest BCUT2D eigenvalue weighted by Gasteiger charge is 2.04. The molecule has 2 aromatic rings. The van der Waals surface area contributed by atoms with E-state index in [0.717, 1.165) is 20.8 Å². The van der Waals surface area contributed by atoms with Crippen molar-refractivity contribution in [2.45, 2.75) is 6.54 Å². The van der Waals surface area contributed by atoms with E-state index in [2.05, 4.69) is 44.2 Å². The van der Waals surface area contributed by atoms with E-state index in [4.69, 9.17) is 12.2 Å². The third-order valence-corrected chi connectivity index (χ3v) is 3.58. The van der Waals surface area contributed by atoms with Crippen LogP contribution in [0.25, 0.3) is 10.8 Å². The number of carbonyl (C=O) groups excluding carboxylic acids is 1. The van der Waals surface area contributed by atoms with E-state index in [1.165, 1.54) is 0 Å². The summed E-state index contributed by atoms with van der Waals surface area (Å²) in [7, 11) is 0. The number of hydrogen-bond donors (Lipinski definition) is 3. The van der Waals surface area contributed by atoms with Gasteiger partial charge in [-0.3, -0.25) is 15.6 Å². The first-order chi connectivity index (χ1) is 9.22. The van der Waals surface area contributed by atoms with Crippen molar-refractivity contribution >= 4 is 50.4 Å². The number of hydrogen-bond acceptors (Lipinski definition) is 2. The van der Waals surface area contributed by atoms with Crippen LogP contribution in [0.1, 0.15) is 5.56 Å². The lowest BCUT2D eigenvalue weighted by atomic mass is 10.0. The van der Waals surface area contributed by atoms with Crippen LogP contribution >= 0.6 is 28.1 Å². The molecule has 0 heterocycles. The van der Waals surface area contributed by atoms with Crippen molar-refractivity contribution in [1.82, 2.24) is 16.2 Å². The van der Waals surface area contributed by atoms with Gasteiger partial charge in [-0.1, -0.05) is 46.3 Å². The Labute approximate surface area is 124 Å². The van der Waals surface area contributed by atoms with Gasteiger partial charge in [0.25, 0.3) is 0 Å². The summed E-state index contributed by atoms with van der Waals surface area (Å²) in [5.41, 5.74) is 5.98. The van der Waals surface area contributed by atoms with Gasteiger partial charge in [0.1, 0.15) is 0 Å². The molecular weight excluding hydrogens is 326 g/mol. The first-order valence-corrected chi connectivity index (χ1v) is 6.81. The van der Waals surface area contributed by atoms with Gasteiger partial charge in [-0.25, -0.2) is 0 Å². The summed E-state index contributed by atoms with van der Waals surface area (Å²) in [6.07, 6.45) is 0.531. The number of nitrogens with one attached hydrogen (secondary N) is 3. The molecule has 0 bridgehead atoms. The van der Waals surface area contributed by atoms with E-state index >= 15 is 0 Å². The first-order valence-electron chi connectivity index (χ1n) is 5.61. The van der Waals surface area contributed by atoms with Crippen molar-refractivity contribution in [2.75, 3.05) is 0 Å². The second kappa shape index (κ2) is 6.49. The van der Waals surface area contributed by atoms with Crippen molar-refractivity contribution < 1.29 is 4.79 Å². The summed E-state index contributed by atoms with van der Waals surface area (Å²) in [5, 5.41) is 5.72. The third kappa shape index (κ3) is 3.42. The van der Waals surface area contributed by atoms with E-state index in [1.54, 1.807) is 0 Å². The second-order valence-corrected chi connectivity index (χ2v) is 5.08. The predicted octanol–water partition coefficient (Wildman–Crippen LogP) is 2.23. The van der Waals surface area contributed by atoms with Crippen LogP contribution < -0.4 is 16.2 Å². The van der Waals surface area contributed by atoms with E-state index in [-0.39, 0.29) is 0 Å². The third-order valence-electron chi connectivity index (χ3n) is 2.65. The van der Waals surface area contributed by atoms with Crippen LogP contribution in [-0.4, -0.2) is 11.5 Å². The van der Waals surface area contributed by atoms with Crippen LogP contribution in [0.4, 0.5) is 0 Å². The highest BCUT2D eigenvalue weighted by atomic mass is 79.9. The Bertz CT molecular complexity index is 618. The fraction of sp³-hybridized carbons (Fsp3) is 0.0769. The molecule has 19 heavy (non-hydrogen) atoms. The molecule has 0 radical (unpaired) electrons. The molecule has 3 N–H and O–H groups in total. The fourth-order valence-electron chi connectivity index (χ4n) is 1.79. The number of thiocarbonyl (C=S) groups is 1. The fourth-order valence-corrected chi connectivity index (χ4v) is 2.40. The molecule has 6 heteroatoms. The molecule has 0 saturated carbocycles. The number of amides is 1. The van der Waals surface area contributed by atoms with Gasteiger partial charge in [-0.15, -0.1) is 0 Å². The number of halogens is 1. The largest absolute Gasteiger partial charge is 0.357 e. The zero-order chi connectivity index (χ0) is 13.7. The lowest BCUT2D eigenvalue weighted by molar-refractivity contribution is -0.110. The highest BCUT2D eigenvalue weighted by molar-refractivity contribution is 9.10. The van der Waals surface area contributed by atoms with Gasteiger partial charge in [0.2, 0.25) is 6.41 Å². The topological polar surface area (TPSA) is 53.2 Å². The van der Waals surface area contributed by atoms with Gasteiger partial charge >= 0.3 is 0 Å². The number of rotatable bonds is 4. The van der Waals surface area contributed by atoms with Gasteiger partial charge in [-0.2, -0.15) is 0 Å². The van der Waals surface area contributed by atoms with Crippen molar-refractivity contribution in [1.29, 1.82) is 0 Å². The Hall–Kier alpha value is -1.66. The lowest BCUT2D eigenvalue weighted by Gasteiger charge is -2.11. The molecule has 1 amide bonds. The maximum absolute atomic E-state index is 10.1. The number of hydrazine groups is 1. The van der Waals surface area contributed by atoms with Crippen LogP contribution in [0.3, 0.4) is 0 Å². The minimum Gasteiger partial charge on any atom is -0.357 e. The average molecular weight is 338 g/mol. The normalized spacial score (nSPS) is 9.95. The molecule has 0 aliphatic rings. The molecule has 98 valence electrons. The molecule has 2 aromatic carbocycles. The molecule has 0 aromatic heterocycles. The first kappa shape index (κ1) is 13.8. The number of fused-ring (bicyclic) bond motifs is 1. The molecule has 0 fully saturated rings. The Morgan fingerprint density at radius 2 is 1.95 bits per heavy atom. The molecule has 0 atom stereocenters. The van der Waals surface area contributed by atoms with E-state index in [9.17, 15) is 4.79 Å². The highest BCUT2D eigenvalue weighted by Crippen LogP contribution is 2.26. The minimum atomic E-state index is 0.374. The molecule has 0 unspecified atom stereocenters. The SMILES string of the molecule is O=CNNC(=S)NCc1ccc(Br)c2ccccc12. The van der Waals surface area contributed by atoms with Crippen molar-refractivity contribution in [3.05, 3.63) is 46.4 Å². The van der Waals surface area contributed by atoms with Gasteiger partial charge < -0.3 is 5.32 Å². The Kier molecular flexibility index (Phi) is 4.70. The predicted molar refractivity (Wildman–Crippen MR) is 83.4 cm³/mol. The van der Waals surface area contributed by atoms with Crippen molar-refractivity contribution in [3.8, 4) is 0 Å². The Morgan fingerprint density at radius 3 is 2.68 bits per heavy atom. The van der Waals surface area contributed by atoms with Crippen LogP contribution in [0.2, 0.25) is 0 Å². The molecule has 0 aliphatic heterocycles. The quantitative estimate of drug-likeness (QED) is 0.455. The van der Waals surface area contributed by atoms with E-state index in [0.29, 0.717) is 18.1 Å². The molecular formula is C13H12BrN3OS. The number of benzene rings is 2. The second-order valence-electron chi connectivity index (χ2n) is 3.82. The Morgan fingerprint density at radius 1 is 1.21 bits per heavy atom. The molecule has 0 saturated heterocycles. The summed E-state index contributed by atoms with van der Waals surface area (Å²) in [4.78, 5) is 10.1. The minimum absolute atomic E-state index is 0.374. The van der Waals surface area contributed by atoms with Gasteiger partial charge in [0.15, 0.2) is 5.11 Å². The zero-order valence-electron chi connectivity index (χ0n) is 9.94. The maximum atomic E-state index is 10.1. The van der Waals surface area contributed by atoms with E-state index in [1.807, 2.05) is 24.3 Å². The smallest absolute Gasteiger partial charge is 0.225 e. The van der Waals surface area contributed by atoms with Crippen molar-refractivity contribution in [3.63, 3.8) is 0 Å². The number of carbonyl (C=O) groups is 1. The summed E-state index contributed by atoms with van der Waals surface area (Å²) in [5.74, 6) is 0. The summed E-state index contributed by atoms with van der Waals surface area (Å²) in [6.45, 7) is 0.583. The van der Waals surface area contributed by atoms with Crippen LogP contribution in [-0.2, 0) is 11.3 Å². The van der Waals surface area contributed by atoms with E-state index < -0.39 is 0 Å². The monoisotopic (exact) mass is 337 g/mol. The standard InChI is InChI=1S/C13H12BrN3OS/c14-12-6-5-9(7-15-13(19)17-16-8-18)10-3-1-2-4-11(10)12/h1-6,8H,7H2,(H,16,18)(H2,15,17,19). The summed E-state index contributed by atoms with van der Waals surface area (Å²) in [6, 6.07) is 12.2. The maximum Gasteiger partial charge on any atom is 0.225 e. The van der Waals surface area contributed by atoms with Crippen LogP contribution in [0.15, 0.2) is 40.9 Å². The molecule has 4 nitrogen and oxygen atoms in total. The Balaban J connectivity index is 2.15. The molecule has 0 spiro atoms.